The largest absolute Gasteiger partial charge is 0.378 e. The highest BCUT2D eigenvalue weighted by Gasteiger charge is 2.05. The Bertz CT molecular complexity index is 249. The first-order valence-electron chi connectivity index (χ1n) is 5.38. The molecule has 0 heterocycles. The summed E-state index contributed by atoms with van der Waals surface area (Å²) in [5.74, 6) is 0.641. The van der Waals surface area contributed by atoms with Crippen LogP contribution in [0.3, 0.4) is 0 Å². The van der Waals surface area contributed by atoms with Gasteiger partial charge in [-0.1, -0.05) is 32.1 Å². The van der Waals surface area contributed by atoms with Crippen LogP contribution in [-0.2, 0) is 9.53 Å². The second kappa shape index (κ2) is 7.41. The van der Waals surface area contributed by atoms with E-state index in [1.54, 1.807) is 7.11 Å². The van der Waals surface area contributed by atoms with Crippen LogP contribution in [0, 0.1) is 5.92 Å². The molecule has 1 atom stereocenters. The van der Waals surface area contributed by atoms with Crippen molar-refractivity contribution < 1.29 is 9.53 Å². The summed E-state index contributed by atoms with van der Waals surface area (Å²) in [6, 6.07) is 0. The minimum atomic E-state index is 0.0919. The number of carbonyl (C=O) groups excluding carboxylic acids is 1. The Kier molecular flexibility index (Phi) is 6.97. The number of hydrogen-bond acceptors (Lipinski definition) is 2. The molecule has 0 aliphatic heterocycles. The molecule has 0 bridgehead atoms. The van der Waals surface area contributed by atoms with E-state index in [-0.39, 0.29) is 11.9 Å². The van der Waals surface area contributed by atoms with Crippen LogP contribution in [0.25, 0.3) is 0 Å². The maximum absolute atomic E-state index is 11.6. The fraction of sp³-hybridized carbons (Fsp3) is 0.615. The van der Waals surface area contributed by atoms with Gasteiger partial charge in [0.1, 0.15) is 0 Å². The van der Waals surface area contributed by atoms with Crippen molar-refractivity contribution in [1.82, 2.24) is 0 Å². The van der Waals surface area contributed by atoms with Gasteiger partial charge >= 0.3 is 0 Å². The molecule has 86 valence electrons. The van der Waals surface area contributed by atoms with Gasteiger partial charge in [-0.05, 0) is 25.3 Å². The van der Waals surface area contributed by atoms with Gasteiger partial charge in [-0.3, -0.25) is 4.79 Å². The van der Waals surface area contributed by atoms with Crippen molar-refractivity contribution in [1.29, 1.82) is 0 Å². The summed E-state index contributed by atoms with van der Waals surface area (Å²) in [4.78, 5) is 11.6. The zero-order valence-corrected chi connectivity index (χ0v) is 10.4. The molecule has 0 aromatic rings. The molecule has 0 saturated heterocycles. The molecular formula is C13H22O2. The maximum Gasteiger partial charge on any atom is 0.158 e. The number of hydrogen-bond donors (Lipinski definition) is 0. The lowest BCUT2D eigenvalue weighted by Crippen LogP contribution is -2.03. The third-order valence-electron chi connectivity index (χ3n) is 2.13. The minimum absolute atomic E-state index is 0.0919. The lowest BCUT2D eigenvalue weighted by atomic mass is 10.0. The molecule has 2 heteroatoms. The topological polar surface area (TPSA) is 26.3 Å². The third kappa shape index (κ3) is 7.09. The summed E-state index contributed by atoms with van der Waals surface area (Å²) < 4.78 is 5.06. The van der Waals surface area contributed by atoms with E-state index in [1.165, 1.54) is 0 Å². The quantitative estimate of drug-likeness (QED) is 0.497. The minimum Gasteiger partial charge on any atom is -0.378 e. The molecule has 0 saturated carbocycles. The molecule has 0 aliphatic rings. The molecular weight excluding hydrogens is 188 g/mol. The summed E-state index contributed by atoms with van der Waals surface area (Å²) in [6.45, 7) is 7.91. The highest BCUT2D eigenvalue weighted by molar-refractivity contribution is 5.95. The number of Topliss-reactive ketones (excluding diaryl/α,β-unsaturated/α-hetero) is 1. The Morgan fingerprint density at radius 2 is 1.93 bits per heavy atom. The molecule has 0 aliphatic carbocycles. The standard InChI is InChI=1S/C13H22O2/c1-10(2)9-13(14)11(3)7-6-8-12(4)15-5/h6-8,10,12H,9H2,1-5H3/b8-6-,11-7+. The van der Waals surface area contributed by atoms with Crippen LogP contribution in [0.4, 0.5) is 0 Å². The molecule has 0 rings (SSSR count). The summed E-state index contributed by atoms with van der Waals surface area (Å²) in [7, 11) is 1.66. The van der Waals surface area contributed by atoms with Crippen LogP contribution < -0.4 is 0 Å². The predicted molar refractivity (Wildman–Crippen MR) is 63.8 cm³/mol. The first kappa shape index (κ1) is 14.1. The molecule has 0 fully saturated rings. The van der Waals surface area contributed by atoms with Crippen molar-refractivity contribution in [2.45, 2.75) is 40.2 Å². The third-order valence-corrected chi connectivity index (χ3v) is 2.13. The van der Waals surface area contributed by atoms with Crippen LogP contribution in [0.15, 0.2) is 23.8 Å². The first-order valence-corrected chi connectivity index (χ1v) is 5.38. The zero-order valence-electron chi connectivity index (χ0n) is 10.4. The first-order chi connectivity index (χ1) is 6.97. The zero-order chi connectivity index (χ0) is 11.8. The maximum atomic E-state index is 11.6. The second-order valence-corrected chi connectivity index (χ2v) is 4.20. The van der Waals surface area contributed by atoms with Crippen molar-refractivity contribution in [3.05, 3.63) is 23.8 Å². The van der Waals surface area contributed by atoms with Gasteiger partial charge in [0.2, 0.25) is 0 Å². The van der Waals surface area contributed by atoms with Crippen LogP contribution in [0.1, 0.15) is 34.1 Å². The fourth-order valence-electron chi connectivity index (χ4n) is 1.06. The number of rotatable bonds is 6. The van der Waals surface area contributed by atoms with Crippen molar-refractivity contribution in [3.8, 4) is 0 Å². The van der Waals surface area contributed by atoms with E-state index in [4.69, 9.17) is 4.74 Å². The van der Waals surface area contributed by atoms with Crippen LogP contribution in [0.2, 0.25) is 0 Å². The van der Waals surface area contributed by atoms with Crippen molar-refractivity contribution in [2.24, 2.45) is 5.92 Å². The van der Waals surface area contributed by atoms with Gasteiger partial charge in [0.05, 0.1) is 6.10 Å². The summed E-state index contributed by atoms with van der Waals surface area (Å²) in [6.07, 6.45) is 6.36. The highest BCUT2D eigenvalue weighted by atomic mass is 16.5. The Labute approximate surface area is 93.0 Å². The molecule has 0 N–H and O–H groups in total. The molecule has 0 amide bonds. The molecule has 0 radical (unpaired) electrons. The number of allylic oxidation sites excluding steroid dienone is 3. The molecule has 1 unspecified atom stereocenters. The number of ketones is 1. The molecule has 0 aromatic carbocycles. The normalized spacial score (nSPS) is 14.9. The lowest BCUT2D eigenvalue weighted by molar-refractivity contribution is -0.116. The van der Waals surface area contributed by atoms with Gasteiger partial charge < -0.3 is 4.74 Å². The molecule has 2 nitrogen and oxygen atoms in total. The van der Waals surface area contributed by atoms with E-state index in [0.717, 1.165) is 5.57 Å². The lowest BCUT2D eigenvalue weighted by Gasteiger charge is -2.03. The average Bonchev–Trinajstić information content (AvgIpc) is 2.16. The van der Waals surface area contributed by atoms with Gasteiger partial charge in [0.25, 0.3) is 0 Å². The van der Waals surface area contributed by atoms with E-state index in [0.29, 0.717) is 12.3 Å². The average molecular weight is 210 g/mol. The van der Waals surface area contributed by atoms with E-state index >= 15 is 0 Å². The van der Waals surface area contributed by atoms with Gasteiger partial charge in [-0.2, -0.15) is 0 Å². The van der Waals surface area contributed by atoms with E-state index in [2.05, 4.69) is 0 Å². The number of carbonyl (C=O) groups is 1. The van der Waals surface area contributed by atoms with Gasteiger partial charge in [-0.15, -0.1) is 0 Å². The molecule has 0 spiro atoms. The van der Waals surface area contributed by atoms with E-state index in [1.807, 2.05) is 45.9 Å². The SMILES string of the molecule is COC(C)/C=C\C=C(/C)C(=O)CC(C)C. The highest BCUT2D eigenvalue weighted by Crippen LogP contribution is 2.07. The fourth-order valence-corrected chi connectivity index (χ4v) is 1.06. The Morgan fingerprint density at radius 1 is 1.33 bits per heavy atom. The number of methoxy groups -OCH3 is 1. The van der Waals surface area contributed by atoms with Crippen LogP contribution in [0.5, 0.6) is 0 Å². The van der Waals surface area contributed by atoms with Gasteiger partial charge in [0.15, 0.2) is 5.78 Å². The Balaban J connectivity index is 4.19. The van der Waals surface area contributed by atoms with E-state index < -0.39 is 0 Å². The van der Waals surface area contributed by atoms with Gasteiger partial charge in [-0.25, -0.2) is 0 Å². The summed E-state index contributed by atoms with van der Waals surface area (Å²) >= 11 is 0. The molecule has 0 aromatic heterocycles. The van der Waals surface area contributed by atoms with Crippen molar-refractivity contribution in [2.75, 3.05) is 7.11 Å². The molecule has 15 heavy (non-hydrogen) atoms. The van der Waals surface area contributed by atoms with Crippen LogP contribution in [-0.4, -0.2) is 19.0 Å². The predicted octanol–water partition coefficient (Wildman–Crippen LogP) is 3.14. The van der Waals surface area contributed by atoms with Crippen molar-refractivity contribution >= 4 is 5.78 Å². The summed E-state index contributed by atoms with van der Waals surface area (Å²) in [5.41, 5.74) is 0.809. The van der Waals surface area contributed by atoms with Gasteiger partial charge in [0, 0.05) is 13.5 Å². The Morgan fingerprint density at radius 3 is 2.40 bits per heavy atom. The second-order valence-electron chi connectivity index (χ2n) is 4.20. The Hall–Kier alpha value is -0.890. The van der Waals surface area contributed by atoms with Crippen LogP contribution >= 0.6 is 0 Å². The monoisotopic (exact) mass is 210 g/mol. The number of ether oxygens (including phenoxy) is 1. The smallest absolute Gasteiger partial charge is 0.158 e. The summed E-state index contributed by atoms with van der Waals surface area (Å²) in [5, 5.41) is 0. The van der Waals surface area contributed by atoms with E-state index in [9.17, 15) is 4.79 Å². The van der Waals surface area contributed by atoms with Crippen molar-refractivity contribution in [3.63, 3.8) is 0 Å².